The standard InChI is InChI=1S/C20H26N4O2S/c1-15-2-3-17(27-15)19(26)23-10-7-20(8-11-23)6-4-18(25)24(13-20)9-5-16-12-21-14-22-16/h2-3,12,14H,4-11,13H2,1H3,(H,21,22). The summed E-state index contributed by atoms with van der Waals surface area (Å²) in [6.45, 7) is 5.17. The Morgan fingerprint density at radius 3 is 2.78 bits per heavy atom. The smallest absolute Gasteiger partial charge is 0.263 e. The zero-order chi connectivity index (χ0) is 18.9. The van der Waals surface area contributed by atoms with Crippen molar-refractivity contribution in [3.8, 4) is 0 Å². The summed E-state index contributed by atoms with van der Waals surface area (Å²) in [6, 6.07) is 3.94. The van der Waals surface area contributed by atoms with E-state index in [4.69, 9.17) is 0 Å². The lowest BCUT2D eigenvalue weighted by molar-refractivity contribution is -0.138. The predicted octanol–water partition coefficient (Wildman–Crippen LogP) is 2.87. The number of nitrogens with zero attached hydrogens (tertiary/aromatic N) is 3. The highest BCUT2D eigenvalue weighted by Gasteiger charge is 2.41. The quantitative estimate of drug-likeness (QED) is 0.878. The first kappa shape index (κ1) is 18.2. The summed E-state index contributed by atoms with van der Waals surface area (Å²) in [5.41, 5.74) is 1.23. The van der Waals surface area contributed by atoms with Gasteiger partial charge < -0.3 is 14.8 Å². The number of rotatable bonds is 4. The summed E-state index contributed by atoms with van der Waals surface area (Å²) in [5, 5.41) is 0. The van der Waals surface area contributed by atoms with E-state index < -0.39 is 0 Å². The van der Waals surface area contributed by atoms with Crippen molar-refractivity contribution in [1.29, 1.82) is 0 Å². The molecule has 0 unspecified atom stereocenters. The molecule has 2 aliphatic rings. The average molecular weight is 387 g/mol. The molecule has 27 heavy (non-hydrogen) atoms. The van der Waals surface area contributed by atoms with Crippen LogP contribution in [-0.4, -0.2) is 57.8 Å². The van der Waals surface area contributed by atoms with Gasteiger partial charge in [-0.05, 0) is 43.7 Å². The fraction of sp³-hybridized carbons (Fsp3) is 0.550. The first-order valence-corrected chi connectivity index (χ1v) is 10.5. The summed E-state index contributed by atoms with van der Waals surface area (Å²) < 4.78 is 0. The topological polar surface area (TPSA) is 69.3 Å². The van der Waals surface area contributed by atoms with Crippen LogP contribution in [0.5, 0.6) is 0 Å². The third-order valence-electron chi connectivity index (χ3n) is 6.02. The Labute approximate surface area is 163 Å². The minimum atomic E-state index is 0.158. The van der Waals surface area contributed by atoms with E-state index in [0.29, 0.717) is 6.42 Å². The summed E-state index contributed by atoms with van der Waals surface area (Å²) in [4.78, 5) is 38.2. The maximum Gasteiger partial charge on any atom is 0.263 e. The highest BCUT2D eigenvalue weighted by molar-refractivity contribution is 7.13. The molecule has 2 aromatic rings. The van der Waals surface area contributed by atoms with Crippen LogP contribution in [0.1, 0.15) is 45.9 Å². The SMILES string of the molecule is Cc1ccc(C(=O)N2CCC3(CCC(=O)N(CCc4cnc[nH]4)C3)CC2)s1. The third-order valence-corrected chi connectivity index (χ3v) is 7.01. The largest absolute Gasteiger partial charge is 0.348 e. The number of hydrogen-bond donors (Lipinski definition) is 1. The van der Waals surface area contributed by atoms with Crippen LogP contribution < -0.4 is 0 Å². The van der Waals surface area contributed by atoms with Crippen molar-refractivity contribution in [2.75, 3.05) is 26.2 Å². The average Bonchev–Trinajstić information content (AvgIpc) is 3.34. The number of carbonyl (C=O) groups is 2. The van der Waals surface area contributed by atoms with Crippen molar-refractivity contribution in [3.63, 3.8) is 0 Å². The number of piperidine rings is 2. The molecule has 0 aliphatic carbocycles. The summed E-state index contributed by atoms with van der Waals surface area (Å²) in [7, 11) is 0. The molecule has 2 fully saturated rings. The van der Waals surface area contributed by atoms with Gasteiger partial charge >= 0.3 is 0 Å². The third kappa shape index (κ3) is 3.93. The molecule has 1 N–H and O–H groups in total. The number of aromatic amines is 1. The van der Waals surface area contributed by atoms with E-state index in [9.17, 15) is 9.59 Å². The maximum absolute atomic E-state index is 12.7. The molecular formula is C20H26N4O2S. The van der Waals surface area contributed by atoms with Crippen LogP contribution in [0.3, 0.4) is 0 Å². The molecule has 2 amide bonds. The second kappa shape index (κ2) is 7.46. The number of thiophene rings is 1. The molecule has 6 nitrogen and oxygen atoms in total. The Morgan fingerprint density at radius 1 is 1.30 bits per heavy atom. The van der Waals surface area contributed by atoms with Crippen molar-refractivity contribution in [1.82, 2.24) is 19.8 Å². The van der Waals surface area contributed by atoms with Gasteiger partial charge in [-0.1, -0.05) is 0 Å². The Balaban J connectivity index is 1.35. The molecule has 2 aliphatic heterocycles. The number of hydrogen-bond acceptors (Lipinski definition) is 4. The Kier molecular flexibility index (Phi) is 5.04. The highest BCUT2D eigenvalue weighted by atomic mass is 32.1. The summed E-state index contributed by atoms with van der Waals surface area (Å²) >= 11 is 1.57. The molecule has 2 aromatic heterocycles. The Morgan fingerprint density at radius 2 is 2.11 bits per heavy atom. The van der Waals surface area contributed by atoms with E-state index in [0.717, 1.165) is 62.4 Å². The van der Waals surface area contributed by atoms with E-state index in [2.05, 4.69) is 9.97 Å². The van der Waals surface area contributed by atoms with Gasteiger partial charge in [0.25, 0.3) is 5.91 Å². The summed E-state index contributed by atoms with van der Waals surface area (Å²) in [6.07, 6.45) is 7.85. The lowest BCUT2D eigenvalue weighted by atomic mass is 9.72. The van der Waals surface area contributed by atoms with Crippen molar-refractivity contribution in [2.45, 2.75) is 39.0 Å². The molecule has 0 saturated carbocycles. The van der Waals surface area contributed by atoms with Gasteiger partial charge in [-0.25, -0.2) is 4.98 Å². The Hall–Kier alpha value is -2.15. The van der Waals surface area contributed by atoms with Gasteiger partial charge in [-0.3, -0.25) is 9.59 Å². The molecule has 0 radical (unpaired) electrons. The number of carbonyl (C=O) groups excluding carboxylic acids is 2. The van der Waals surface area contributed by atoms with Gasteiger partial charge in [-0.15, -0.1) is 11.3 Å². The minimum Gasteiger partial charge on any atom is -0.348 e. The van der Waals surface area contributed by atoms with Gasteiger partial charge in [0.1, 0.15) is 0 Å². The number of aryl methyl sites for hydroxylation is 1. The van der Waals surface area contributed by atoms with E-state index in [1.807, 2.05) is 35.1 Å². The van der Waals surface area contributed by atoms with Crippen LogP contribution in [0, 0.1) is 12.3 Å². The van der Waals surface area contributed by atoms with Crippen molar-refractivity contribution < 1.29 is 9.59 Å². The van der Waals surface area contributed by atoms with Crippen LogP contribution in [0.25, 0.3) is 0 Å². The first-order valence-electron chi connectivity index (χ1n) is 9.65. The van der Waals surface area contributed by atoms with E-state index in [1.54, 1.807) is 17.7 Å². The zero-order valence-electron chi connectivity index (χ0n) is 15.7. The van der Waals surface area contributed by atoms with Crippen LogP contribution in [0.4, 0.5) is 0 Å². The number of aromatic nitrogens is 2. The molecule has 7 heteroatoms. The summed E-state index contributed by atoms with van der Waals surface area (Å²) in [5.74, 6) is 0.415. The van der Waals surface area contributed by atoms with Gasteiger partial charge in [0.2, 0.25) is 5.91 Å². The van der Waals surface area contributed by atoms with Gasteiger partial charge in [0.05, 0.1) is 11.2 Å². The number of H-pyrrole nitrogens is 1. The molecule has 0 atom stereocenters. The molecule has 4 rings (SSSR count). The van der Waals surface area contributed by atoms with E-state index in [1.165, 1.54) is 4.88 Å². The fourth-order valence-corrected chi connectivity index (χ4v) is 5.12. The van der Waals surface area contributed by atoms with Crippen molar-refractivity contribution >= 4 is 23.2 Å². The van der Waals surface area contributed by atoms with E-state index >= 15 is 0 Å². The molecular weight excluding hydrogens is 360 g/mol. The minimum absolute atomic E-state index is 0.158. The van der Waals surface area contributed by atoms with Crippen LogP contribution in [0.2, 0.25) is 0 Å². The maximum atomic E-state index is 12.7. The second-order valence-electron chi connectivity index (χ2n) is 7.84. The number of nitrogens with one attached hydrogen (secondary N) is 1. The number of amides is 2. The molecule has 2 saturated heterocycles. The fourth-order valence-electron chi connectivity index (χ4n) is 4.28. The monoisotopic (exact) mass is 386 g/mol. The van der Waals surface area contributed by atoms with Gasteiger partial charge in [-0.2, -0.15) is 0 Å². The molecule has 1 spiro atoms. The molecule has 4 heterocycles. The second-order valence-corrected chi connectivity index (χ2v) is 9.13. The van der Waals surface area contributed by atoms with Crippen molar-refractivity contribution in [2.24, 2.45) is 5.41 Å². The van der Waals surface area contributed by atoms with Crippen LogP contribution >= 0.6 is 11.3 Å². The normalized spacial score (nSPS) is 19.7. The highest BCUT2D eigenvalue weighted by Crippen LogP contribution is 2.40. The van der Waals surface area contributed by atoms with Gasteiger partial charge in [0, 0.05) is 55.8 Å². The predicted molar refractivity (Wildman–Crippen MR) is 105 cm³/mol. The lowest BCUT2D eigenvalue weighted by Gasteiger charge is -2.47. The zero-order valence-corrected chi connectivity index (χ0v) is 16.6. The van der Waals surface area contributed by atoms with Crippen LogP contribution in [0.15, 0.2) is 24.7 Å². The van der Waals surface area contributed by atoms with Crippen LogP contribution in [-0.2, 0) is 11.2 Å². The number of likely N-dealkylation sites (tertiary alicyclic amines) is 2. The van der Waals surface area contributed by atoms with Crippen molar-refractivity contribution in [3.05, 3.63) is 40.1 Å². The molecule has 0 aromatic carbocycles. The number of imidazole rings is 1. The Bertz CT molecular complexity index is 806. The molecule has 0 bridgehead atoms. The van der Waals surface area contributed by atoms with Gasteiger partial charge in [0.15, 0.2) is 0 Å². The lowest BCUT2D eigenvalue weighted by Crippen LogP contribution is -2.52. The van der Waals surface area contributed by atoms with E-state index in [-0.39, 0.29) is 17.2 Å². The first-order chi connectivity index (χ1) is 13.0. The molecule has 144 valence electrons.